The van der Waals surface area contributed by atoms with Gasteiger partial charge in [0, 0.05) is 12.3 Å². The molecule has 0 amide bonds. The van der Waals surface area contributed by atoms with Crippen LogP contribution in [0.5, 0.6) is 0 Å². The molecule has 0 unspecified atom stereocenters. The zero-order chi connectivity index (χ0) is 7.14. The number of hydrogen-bond acceptors (Lipinski definition) is 1. The largest absolute Gasteiger partial charge is 0.299 e. The third-order valence-electron chi connectivity index (χ3n) is 2.80. The fourth-order valence-corrected chi connectivity index (χ4v) is 2.27. The molecule has 2 saturated carbocycles. The van der Waals surface area contributed by atoms with Gasteiger partial charge < -0.3 is 0 Å². The normalized spacial score (nSPS) is 38.8. The molecule has 0 saturated heterocycles. The van der Waals surface area contributed by atoms with Crippen LogP contribution < -0.4 is 0 Å². The van der Waals surface area contributed by atoms with Gasteiger partial charge in [0.2, 0.25) is 0 Å². The van der Waals surface area contributed by atoms with Crippen LogP contribution in [0.15, 0.2) is 12.2 Å². The molecule has 1 heteroatoms. The Morgan fingerprint density at radius 3 is 2.90 bits per heavy atom. The van der Waals surface area contributed by atoms with Gasteiger partial charge in [0.1, 0.15) is 5.78 Å². The van der Waals surface area contributed by atoms with E-state index in [0.717, 1.165) is 25.7 Å². The molecule has 2 aliphatic rings. The number of rotatable bonds is 0. The maximum absolute atomic E-state index is 11.2. The summed E-state index contributed by atoms with van der Waals surface area (Å²) in [4.78, 5) is 11.2. The Bertz CT molecular complexity index is 193. The van der Waals surface area contributed by atoms with Gasteiger partial charge in [-0.25, -0.2) is 0 Å². The van der Waals surface area contributed by atoms with Crippen molar-refractivity contribution in [2.45, 2.75) is 25.7 Å². The Morgan fingerprint density at radius 1 is 1.40 bits per heavy atom. The molecule has 0 bridgehead atoms. The maximum Gasteiger partial charge on any atom is 0.136 e. The zero-order valence-electron chi connectivity index (χ0n) is 6.10. The molecule has 2 fully saturated rings. The van der Waals surface area contributed by atoms with Gasteiger partial charge in [-0.05, 0) is 25.2 Å². The quantitative estimate of drug-likeness (QED) is 0.465. The minimum Gasteiger partial charge on any atom is -0.299 e. The second-order valence-electron chi connectivity index (χ2n) is 3.53. The SMILES string of the molecule is C=C1C[C@@H]2CCC(=O)[C@@H]2C1. The van der Waals surface area contributed by atoms with Gasteiger partial charge in [-0.2, -0.15) is 0 Å². The van der Waals surface area contributed by atoms with E-state index < -0.39 is 0 Å². The van der Waals surface area contributed by atoms with Crippen molar-refractivity contribution >= 4 is 5.78 Å². The molecule has 0 heterocycles. The molecule has 54 valence electrons. The second-order valence-corrected chi connectivity index (χ2v) is 3.53. The van der Waals surface area contributed by atoms with E-state index in [1.807, 2.05) is 0 Å². The standard InChI is InChI=1S/C9H12O/c1-6-4-7-2-3-9(10)8(7)5-6/h7-8H,1-5H2/t7-,8+/m0/s1. The summed E-state index contributed by atoms with van der Waals surface area (Å²) < 4.78 is 0. The highest BCUT2D eigenvalue weighted by atomic mass is 16.1. The van der Waals surface area contributed by atoms with E-state index in [9.17, 15) is 4.79 Å². The smallest absolute Gasteiger partial charge is 0.136 e. The molecule has 0 aromatic heterocycles. The summed E-state index contributed by atoms with van der Waals surface area (Å²) in [7, 11) is 0. The van der Waals surface area contributed by atoms with Crippen molar-refractivity contribution in [1.82, 2.24) is 0 Å². The van der Waals surface area contributed by atoms with Crippen LogP contribution >= 0.6 is 0 Å². The van der Waals surface area contributed by atoms with Gasteiger partial charge in [-0.15, -0.1) is 0 Å². The first-order valence-corrected chi connectivity index (χ1v) is 3.97. The maximum atomic E-state index is 11.2. The van der Waals surface area contributed by atoms with Crippen LogP contribution in [-0.2, 0) is 4.79 Å². The fraction of sp³-hybridized carbons (Fsp3) is 0.667. The van der Waals surface area contributed by atoms with Crippen LogP contribution in [0.25, 0.3) is 0 Å². The van der Waals surface area contributed by atoms with Crippen LogP contribution in [0.1, 0.15) is 25.7 Å². The third-order valence-corrected chi connectivity index (χ3v) is 2.80. The topological polar surface area (TPSA) is 17.1 Å². The average Bonchev–Trinajstić information content (AvgIpc) is 2.35. The van der Waals surface area contributed by atoms with Crippen molar-refractivity contribution in [3.05, 3.63) is 12.2 Å². The molecule has 1 nitrogen and oxygen atoms in total. The number of Topliss-reactive ketones (excluding diaryl/α,β-unsaturated/α-hetero) is 1. The summed E-state index contributed by atoms with van der Waals surface area (Å²) in [5.41, 5.74) is 1.29. The van der Waals surface area contributed by atoms with Crippen molar-refractivity contribution in [1.29, 1.82) is 0 Å². The van der Waals surface area contributed by atoms with E-state index in [1.54, 1.807) is 0 Å². The molecule has 0 radical (unpaired) electrons. The van der Waals surface area contributed by atoms with Gasteiger partial charge in [0.25, 0.3) is 0 Å². The molecular formula is C9H12O. The van der Waals surface area contributed by atoms with E-state index in [2.05, 4.69) is 6.58 Å². The molecule has 2 rings (SSSR count). The first-order chi connectivity index (χ1) is 4.77. The van der Waals surface area contributed by atoms with Crippen molar-refractivity contribution in [2.24, 2.45) is 11.8 Å². The lowest BCUT2D eigenvalue weighted by atomic mass is 10.0. The van der Waals surface area contributed by atoms with E-state index >= 15 is 0 Å². The monoisotopic (exact) mass is 136 g/mol. The second kappa shape index (κ2) is 1.94. The van der Waals surface area contributed by atoms with Gasteiger partial charge in [-0.3, -0.25) is 4.79 Å². The average molecular weight is 136 g/mol. The number of allylic oxidation sites excluding steroid dienone is 1. The van der Waals surface area contributed by atoms with Crippen LogP contribution in [0.4, 0.5) is 0 Å². The van der Waals surface area contributed by atoms with Crippen LogP contribution in [-0.4, -0.2) is 5.78 Å². The highest BCUT2D eigenvalue weighted by Crippen LogP contribution is 2.43. The first kappa shape index (κ1) is 6.14. The Hall–Kier alpha value is -0.590. The molecule has 0 N–H and O–H groups in total. The summed E-state index contributed by atoms with van der Waals surface area (Å²) >= 11 is 0. The predicted octanol–water partition coefficient (Wildman–Crippen LogP) is 1.93. The number of carbonyl (C=O) groups excluding carboxylic acids is 1. The Kier molecular flexibility index (Phi) is 1.19. The van der Waals surface area contributed by atoms with Crippen LogP contribution in [0, 0.1) is 11.8 Å². The fourth-order valence-electron chi connectivity index (χ4n) is 2.27. The summed E-state index contributed by atoms with van der Waals surface area (Å²) in [6, 6.07) is 0. The molecule has 0 aliphatic heterocycles. The van der Waals surface area contributed by atoms with Crippen LogP contribution in [0.3, 0.4) is 0 Å². The molecule has 2 atom stereocenters. The lowest BCUT2D eigenvalue weighted by Crippen LogP contribution is -2.06. The molecule has 0 aromatic rings. The first-order valence-electron chi connectivity index (χ1n) is 3.97. The minimum atomic E-state index is 0.382. The highest BCUT2D eigenvalue weighted by Gasteiger charge is 2.39. The predicted molar refractivity (Wildman–Crippen MR) is 39.6 cm³/mol. The van der Waals surface area contributed by atoms with Gasteiger partial charge in [0.15, 0.2) is 0 Å². The summed E-state index contributed by atoms with van der Waals surface area (Å²) in [5, 5.41) is 0. The molecular weight excluding hydrogens is 124 g/mol. The van der Waals surface area contributed by atoms with Gasteiger partial charge in [0.05, 0.1) is 0 Å². The third kappa shape index (κ3) is 0.731. The van der Waals surface area contributed by atoms with Crippen molar-refractivity contribution < 1.29 is 4.79 Å². The Labute approximate surface area is 61.1 Å². The van der Waals surface area contributed by atoms with Gasteiger partial charge in [-0.1, -0.05) is 12.2 Å². The summed E-state index contributed by atoms with van der Waals surface area (Å²) in [5.74, 6) is 1.55. The number of ketones is 1. The van der Waals surface area contributed by atoms with E-state index in [0.29, 0.717) is 17.6 Å². The van der Waals surface area contributed by atoms with Gasteiger partial charge >= 0.3 is 0 Å². The number of fused-ring (bicyclic) bond motifs is 1. The van der Waals surface area contributed by atoms with E-state index in [1.165, 1.54) is 5.57 Å². The molecule has 0 spiro atoms. The Morgan fingerprint density at radius 2 is 2.20 bits per heavy atom. The van der Waals surface area contributed by atoms with E-state index in [-0.39, 0.29) is 0 Å². The van der Waals surface area contributed by atoms with Crippen molar-refractivity contribution in [2.75, 3.05) is 0 Å². The highest BCUT2D eigenvalue weighted by molar-refractivity contribution is 5.84. The molecule has 0 aromatic carbocycles. The van der Waals surface area contributed by atoms with E-state index in [4.69, 9.17) is 0 Å². The Balaban J connectivity index is 2.19. The van der Waals surface area contributed by atoms with Crippen molar-refractivity contribution in [3.8, 4) is 0 Å². The lowest BCUT2D eigenvalue weighted by Gasteiger charge is -2.02. The molecule has 2 aliphatic carbocycles. The summed E-state index contributed by atoms with van der Waals surface area (Å²) in [6.07, 6.45) is 4.07. The number of hydrogen-bond donors (Lipinski definition) is 0. The summed E-state index contributed by atoms with van der Waals surface area (Å²) in [6.45, 7) is 3.92. The minimum absolute atomic E-state index is 0.382. The molecule has 10 heavy (non-hydrogen) atoms. The zero-order valence-corrected chi connectivity index (χ0v) is 6.10. The van der Waals surface area contributed by atoms with Crippen molar-refractivity contribution in [3.63, 3.8) is 0 Å². The number of carbonyl (C=O) groups is 1. The lowest BCUT2D eigenvalue weighted by molar-refractivity contribution is -0.120. The van der Waals surface area contributed by atoms with Crippen LogP contribution in [0.2, 0.25) is 0 Å².